The van der Waals surface area contributed by atoms with Gasteiger partial charge in [0.05, 0.1) is 23.5 Å². The van der Waals surface area contributed by atoms with E-state index in [4.69, 9.17) is 16.3 Å². The lowest BCUT2D eigenvalue weighted by atomic mass is 10.3. The molecule has 0 fully saturated rings. The molecular formula is C12H13ClN2O. The van der Waals surface area contributed by atoms with Crippen LogP contribution in [0.2, 0.25) is 5.02 Å². The lowest BCUT2D eigenvalue weighted by molar-refractivity contribution is 0.415. The molecule has 1 aromatic carbocycles. The summed E-state index contributed by atoms with van der Waals surface area (Å²) in [5, 5.41) is 4.98. The number of aryl methyl sites for hydroxylation is 2. The molecule has 1 heterocycles. The Morgan fingerprint density at radius 1 is 1.25 bits per heavy atom. The van der Waals surface area contributed by atoms with Crippen molar-refractivity contribution >= 4 is 11.6 Å². The second-order valence-electron chi connectivity index (χ2n) is 3.66. The molecule has 16 heavy (non-hydrogen) atoms. The number of nitrogens with zero attached hydrogens (tertiary/aromatic N) is 2. The summed E-state index contributed by atoms with van der Waals surface area (Å²) in [6, 6.07) is 7.65. The molecule has 3 nitrogen and oxygen atoms in total. The lowest BCUT2D eigenvalue weighted by Crippen LogP contribution is -1.99. The van der Waals surface area contributed by atoms with Gasteiger partial charge in [0.15, 0.2) is 0 Å². The van der Waals surface area contributed by atoms with Gasteiger partial charge in [0.2, 0.25) is 0 Å². The lowest BCUT2D eigenvalue weighted by Gasteiger charge is -2.07. The fraction of sp³-hybridized carbons (Fsp3) is 0.250. The summed E-state index contributed by atoms with van der Waals surface area (Å²) in [5.41, 5.74) is 3.01. The molecule has 0 spiro atoms. The predicted octanol–water partition coefficient (Wildman–Crippen LogP) is 3.15. The van der Waals surface area contributed by atoms with Crippen molar-refractivity contribution in [3.63, 3.8) is 0 Å². The average molecular weight is 237 g/mol. The van der Waals surface area contributed by atoms with Crippen molar-refractivity contribution < 1.29 is 4.74 Å². The van der Waals surface area contributed by atoms with Crippen molar-refractivity contribution in [2.24, 2.45) is 0 Å². The molecule has 2 aromatic rings. The van der Waals surface area contributed by atoms with E-state index >= 15 is 0 Å². The number of aromatic nitrogens is 2. The molecule has 0 saturated heterocycles. The highest BCUT2D eigenvalue weighted by atomic mass is 35.5. The number of hydrogen-bond acceptors (Lipinski definition) is 2. The van der Waals surface area contributed by atoms with Gasteiger partial charge in [-0.2, -0.15) is 5.10 Å². The molecule has 0 aliphatic carbocycles. The van der Waals surface area contributed by atoms with Crippen molar-refractivity contribution in [1.82, 2.24) is 9.78 Å². The molecule has 0 N–H and O–H groups in total. The Kier molecular flexibility index (Phi) is 2.88. The molecule has 0 saturated carbocycles. The first-order valence-corrected chi connectivity index (χ1v) is 5.37. The van der Waals surface area contributed by atoms with Gasteiger partial charge in [-0.15, -0.1) is 0 Å². The predicted molar refractivity (Wildman–Crippen MR) is 64.6 cm³/mol. The first-order chi connectivity index (χ1) is 7.61. The van der Waals surface area contributed by atoms with E-state index in [1.54, 1.807) is 7.11 Å². The van der Waals surface area contributed by atoms with E-state index in [9.17, 15) is 0 Å². The molecule has 2 rings (SSSR count). The van der Waals surface area contributed by atoms with Crippen molar-refractivity contribution in [3.8, 4) is 11.4 Å². The number of ether oxygens (including phenoxy) is 1. The van der Waals surface area contributed by atoms with Gasteiger partial charge in [0.25, 0.3) is 0 Å². The van der Waals surface area contributed by atoms with Gasteiger partial charge in [-0.05, 0) is 38.1 Å². The Bertz CT molecular complexity index is 520. The van der Waals surface area contributed by atoms with Crippen LogP contribution in [0.15, 0.2) is 24.3 Å². The summed E-state index contributed by atoms with van der Waals surface area (Å²) in [5.74, 6) is 0.673. The molecule has 0 radical (unpaired) electrons. The monoisotopic (exact) mass is 236 g/mol. The average Bonchev–Trinajstić information content (AvgIpc) is 2.58. The molecule has 84 valence electrons. The molecule has 0 unspecified atom stereocenters. The van der Waals surface area contributed by atoms with Crippen LogP contribution in [0.5, 0.6) is 5.75 Å². The third kappa shape index (κ3) is 1.91. The smallest absolute Gasteiger partial charge is 0.137 e. The third-order valence-electron chi connectivity index (χ3n) is 2.39. The van der Waals surface area contributed by atoms with Gasteiger partial charge in [-0.25, -0.2) is 4.68 Å². The Balaban J connectivity index is 2.49. The SMILES string of the molecule is COc1ccc(-n2nc(C)cc2C)cc1Cl. The summed E-state index contributed by atoms with van der Waals surface area (Å²) in [4.78, 5) is 0. The van der Waals surface area contributed by atoms with Crippen LogP contribution in [-0.4, -0.2) is 16.9 Å². The number of halogens is 1. The number of hydrogen-bond donors (Lipinski definition) is 0. The zero-order valence-electron chi connectivity index (χ0n) is 9.49. The van der Waals surface area contributed by atoms with Crippen LogP contribution in [0, 0.1) is 13.8 Å². The summed E-state index contributed by atoms with van der Waals surface area (Å²) in [7, 11) is 1.60. The highest BCUT2D eigenvalue weighted by molar-refractivity contribution is 6.32. The quantitative estimate of drug-likeness (QED) is 0.801. The van der Waals surface area contributed by atoms with Crippen LogP contribution in [0.1, 0.15) is 11.4 Å². The zero-order valence-corrected chi connectivity index (χ0v) is 10.2. The van der Waals surface area contributed by atoms with Crippen LogP contribution >= 0.6 is 11.6 Å². The van der Waals surface area contributed by atoms with E-state index in [0.29, 0.717) is 10.8 Å². The van der Waals surface area contributed by atoms with Gasteiger partial charge in [-0.3, -0.25) is 0 Å². The maximum Gasteiger partial charge on any atom is 0.137 e. The van der Waals surface area contributed by atoms with Crippen LogP contribution in [0.3, 0.4) is 0 Å². The van der Waals surface area contributed by atoms with E-state index in [1.165, 1.54) is 0 Å². The number of rotatable bonds is 2. The van der Waals surface area contributed by atoms with Crippen molar-refractivity contribution in [3.05, 3.63) is 40.7 Å². The van der Waals surface area contributed by atoms with E-state index in [2.05, 4.69) is 5.10 Å². The summed E-state index contributed by atoms with van der Waals surface area (Å²) < 4.78 is 6.97. The molecule has 0 aliphatic rings. The van der Waals surface area contributed by atoms with Crippen molar-refractivity contribution in [2.45, 2.75) is 13.8 Å². The van der Waals surface area contributed by atoms with E-state index in [1.807, 2.05) is 42.8 Å². The minimum atomic E-state index is 0.590. The fourth-order valence-electron chi connectivity index (χ4n) is 1.68. The highest BCUT2D eigenvalue weighted by Crippen LogP contribution is 2.26. The fourth-order valence-corrected chi connectivity index (χ4v) is 1.93. The molecule has 4 heteroatoms. The molecule has 0 amide bonds. The summed E-state index contributed by atoms with van der Waals surface area (Å²) >= 11 is 6.07. The maximum atomic E-state index is 6.07. The van der Waals surface area contributed by atoms with Crippen LogP contribution in [0.25, 0.3) is 5.69 Å². The Morgan fingerprint density at radius 2 is 2.00 bits per heavy atom. The van der Waals surface area contributed by atoms with Crippen molar-refractivity contribution in [2.75, 3.05) is 7.11 Å². The largest absolute Gasteiger partial charge is 0.495 e. The molecule has 1 aromatic heterocycles. The zero-order chi connectivity index (χ0) is 11.7. The minimum absolute atomic E-state index is 0.590. The summed E-state index contributed by atoms with van der Waals surface area (Å²) in [6.07, 6.45) is 0. The topological polar surface area (TPSA) is 27.1 Å². The van der Waals surface area contributed by atoms with Gasteiger partial charge >= 0.3 is 0 Å². The maximum absolute atomic E-state index is 6.07. The first-order valence-electron chi connectivity index (χ1n) is 4.99. The van der Waals surface area contributed by atoms with Gasteiger partial charge in [0.1, 0.15) is 5.75 Å². The van der Waals surface area contributed by atoms with E-state index in [0.717, 1.165) is 17.1 Å². The van der Waals surface area contributed by atoms with Gasteiger partial charge in [-0.1, -0.05) is 11.6 Å². The standard InChI is InChI=1S/C12H13ClN2O/c1-8-6-9(2)15(14-8)10-4-5-12(16-3)11(13)7-10/h4-7H,1-3H3. The number of benzene rings is 1. The third-order valence-corrected chi connectivity index (χ3v) is 2.68. The first kappa shape index (κ1) is 11.0. The molecule has 0 atom stereocenters. The van der Waals surface area contributed by atoms with Crippen LogP contribution in [0.4, 0.5) is 0 Å². The van der Waals surface area contributed by atoms with Gasteiger partial charge < -0.3 is 4.74 Å². The van der Waals surface area contributed by atoms with Gasteiger partial charge in [0, 0.05) is 5.69 Å². The number of methoxy groups -OCH3 is 1. The van der Waals surface area contributed by atoms with Crippen molar-refractivity contribution in [1.29, 1.82) is 0 Å². The Labute approximate surface area is 99.6 Å². The van der Waals surface area contributed by atoms with Crippen LogP contribution < -0.4 is 4.74 Å². The minimum Gasteiger partial charge on any atom is -0.495 e. The summed E-state index contributed by atoms with van der Waals surface area (Å²) in [6.45, 7) is 3.98. The Morgan fingerprint density at radius 3 is 2.50 bits per heavy atom. The molecule has 0 aliphatic heterocycles. The normalized spacial score (nSPS) is 10.5. The Hall–Kier alpha value is -1.48. The highest BCUT2D eigenvalue weighted by Gasteiger charge is 2.06. The van der Waals surface area contributed by atoms with E-state index in [-0.39, 0.29) is 0 Å². The molecule has 0 bridgehead atoms. The van der Waals surface area contributed by atoms with Crippen LogP contribution in [-0.2, 0) is 0 Å². The van der Waals surface area contributed by atoms with E-state index < -0.39 is 0 Å². The second-order valence-corrected chi connectivity index (χ2v) is 4.06. The second kappa shape index (κ2) is 4.18. The molecular weight excluding hydrogens is 224 g/mol.